The summed E-state index contributed by atoms with van der Waals surface area (Å²) in [4.78, 5) is 11.9. The first kappa shape index (κ1) is 15.2. The predicted molar refractivity (Wildman–Crippen MR) is 68.5 cm³/mol. The zero-order valence-corrected chi connectivity index (χ0v) is 11.8. The van der Waals surface area contributed by atoms with Gasteiger partial charge in [-0.2, -0.15) is 0 Å². The molecule has 1 N–H and O–H groups in total. The maximum atomic E-state index is 13.7. The molecule has 0 saturated carbocycles. The number of rotatable bonds is 5. The molecule has 100 valence electrons. The monoisotopic (exact) mass is 320 g/mol. The van der Waals surface area contributed by atoms with E-state index in [-0.39, 0.29) is 10.4 Å². The van der Waals surface area contributed by atoms with Gasteiger partial charge in [-0.25, -0.2) is 8.78 Å². The summed E-state index contributed by atoms with van der Waals surface area (Å²) in [5, 5.41) is 9.87. The van der Waals surface area contributed by atoms with Crippen molar-refractivity contribution in [2.45, 2.75) is 32.8 Å². The van der Waals surface area contributed by atoms with Crippen LogP contribution in [0.15, 0.2) is 16.6 Å². The van der Waals surface area contributed by atoms with Crippen LogP contribution in [0.1, 0.15) is 37.0 Å². The van der Waals surface area contributed by atoms with E-state index < -0.39 is 29.1 Å². The van der Waals surface area contributed by atoms with E-state index in [1.807, 2.05) is 13.8 Å². The number of Topliss-reactive ketones (excluding diaryl/α,β-unsaturated/α-hetero) is 1. The summed E-state index contributed by atoms with van der Waals surface area (Å²) in [5.41, 5.74) is -0.677. The van der Waals surface area contributed by atoms with Gasteiger partial charge in [0, 0.05) is 0 Å². The Morgan fingerprint density at radius 3 is 2.39 bits per heavy atom. The molecule has 5 heteroatoms. The molecule has 1 unspecified atom stereocenters. The van der Waals surface area contributed by atoms with Crippen molar-refractivity contribution < 1.29 is 18.7 Å². The number of aliphatic hydroxyl groups is 1. The van der Waals surface area contributed by atoms with Gasteiger partial charge in [0.2, 0.25) is 0 Å². The van der Waals surface area contributed by atoms with E-state index in [9.17, 15) is 18.7 Å². The van der Waals surface area contributed by atoms with Crippen molar-refractivity contribution in [3.8, 4) is 0 Å². The van der Waals surface area contributed by atoms with Gasteiger partial charge in [-0.1, -0.05) is 26.7 Å². The minimum absolute atomic E-state index is 0.00370. The molecule has 0 spiro atoms. The molecule has 0 aromatic heterocycles. The number of aliphatic hydroxyl groups excluding tert-OH is 1. The highest BCUT2D eigenvalue weighted by molar-refractivity contribution is 9.10. The molecule has 0 aliphatic rings. The molecule has 0 bridgehead atoms. The number of benzene rings is 1. The van der Waals surface area contributed by atoms with Crippen molar-refractivity contribution in [3.05, 3.63) is 33.8 Å². The van der Waals surface area contributed by atoms with Gasteiger partial charge < -0.3 is 5.11 Å². The fourth-order valence-electron chi connectivity index (χ4n) is 1.85. The summed E-state index contributed by atoms with van der Waals surface area (Å²) in [6, 6.07) is 2.19. The summed E-state index contributed by atoms with van der Waals surface area (Å²) in [5.74, 6) is -3.12. The Morgan fingerprint density at radius 2 is 1.89 bits per heavy atom. The Morgan fingerprint density at radius 1 is 1.33 bits per heavy atom. The molecule has 0 amide bonds. The third kappa shape index (κ3) is 2.95. The standard InChI is InChI=1S/C13H15BrF2O2/c1-3-7(4-2)12(17)13(18)10-9(15)6-5-8(14)11(10)16/h5-7,12,17H,3-4H2,1-2H3. The van der Waals surface area contributed by atoms with Crippen LogP contribution in [0, 0.1) is 17.6 Å². The van der Waals surface area contributed by atoms with Crippen molar-refractivity contribution in [1.82, 2.24) is 0 Å². The lowest BCUT2D eigenvalue weighted by atomic mass is 9.90. The summed E-state index contributed by atoms with van der Waals surface area (Å²) >= 11 is 2.89. The highest BCUT2D eigenvalue weighted by Gasteiger charge is 2.29. The first-order valence-corrected chi connectivity index (χ1v) is 6.59. The maximum Gasteiger partial charge on any atom is 0.197 e. The average Bonchev–Trinajstić information content (AvgIpc) is 2.35. The Balaban J connectivity index is 3.15. The number of ketones is 1. The molecule has 0 radical (unpaired) electrons. The quantitative estimate of drug-likeness (QED) is 0.663. The van der Waals surface area contributed by atoms with Crippen LogP contribution in [-0.2, 0) is 0 Å². The summed E-state index contributed by atoms with van der Waals surface area (Å²) in [6.45, 7) is 3.64. The van der Waals surface area contributed by atoms with Crippen LogP contribution in [0.4, 0.5) is 8.78 Å². The second-order valence-electron chi connectivity index (χ2n) is 4.10. The van der Waals surface area contributed by atoms with Crippen LogP contribution < -0.4 is 0 Å². The van der Waals surface area contributed by atoms with Crippen LogP contribution in [0.5, 0.6) is 0 Å². The molecular formula is C13H15BrF2O2. The van der Waals surface area contributed by atoms with E-state index >= 15 is 0 Å². The highest BCUT2D eigenvalue weighted by Crippen LogP contribution is 2.25. The highest BCUT2D eigenvalue weighted by atomic mass is 79.9. The second kappa shape index (κ2) is 6.38. The molecule has 0 aliphatic carbocycles. The summed E-state index contributed by atoms with van der Waals surface area (Å²) < 4.78 is 27.2. The third-order valence-corrected chi connectivity index (χ3v) is 3.67. The molecule has 1 aromatic carbocycles. The minimum Gasteiger partial charge on any atom is -0.385 e. The second-order valence-corrected chi connectivity index (χ2v) is 4.96. The molecule has 2 nitrogen and oxygen atoms in total. The topological polar surface area (TPSA) is 37.3 Å². The number of halogens is 3. The van der Waals surface area contributed by atoms with E-state index in [0.717, 1.165) is 6.07 Å². The smallest absolute Gasteiger partial charge is 0.197 e. The fourth-order valence-corrected chi connectivity index (χ4v) is 2.18. The molecule has 0 heterocycles. The predicted octanol–water partition coefficient (Wildman–Crippen LogP) is 3.71. The Kier molecular flexibility index (Phi) is 5.41. The van der Waals surface area contributed by atoms with Crippen LogP contribution in [0.25, 0.3) is 0 Å². The fraction of sp³-hybridized carbons (Fsp3) is 0.462. The number of hydrogen-bond donors (Lipinski definition) is 1. The average molecular weight is 321 g/mol. The largest absolute Gasteiger partial charge is 0.385 e. The van der Waals surface area contributed by atoms with E-state index in [2.05, 4.69) is 15.9 Å². The van der Waals surface area contributed by atoms with Gasteiger partial charge in [-0.3, -0.25) is 4.79 Å². The zero-order valence-electron chi connectivity index (χ0n) is 10.2. The van der Waals surface area contributed by atoms with Crippen molar-refractivity contribution in [1.29, 1.82) is 0 Å². The van der Waals surface area contributed by atoms with Crippen LogP contribution in [-0.4, -0.2) is 17.0 Å². The molecule has 1 aromatic rings. The molecule has 1 atom stereocenters. The molecule has 0 aliphatic heterocycles. The van der Waals surface area contributed by atoms with E-state index in [1.54, 1.807) is 0 Å². The first-order chi connectivity index (χ1) is 8.43. The van der Waals surface area contributed by atoms with E-state index in [1.165, 1.54) is 6.07 Å². The lowest BCUT2D eigenvalue weighted by Gasteiger charge is -2.19. The van der Waals surface area contributed by atoms with Crippen molar-refractivity contribution in [2.75, 3.05) is 0 Å². The molecular weight excluding hydrogens is 306 g/mol. The van der Waals surface area contributed by atoms with Gasteiger partial charge in [-0.05, 0) is 34.0 Å². The number of carbonyl (C=O) groups excluding carboxylic acids is 1. The molecule has 0 fully saturated rings. The lowest BCUT2D eigenvalue weighted by molar-refractivity contribution is 0.0579. The molecule has 18 heavy (non-hydrogen) atoms. The van der Waals surface area contributed by atoms with E-state index in [4.69, 9.17) is 0 Å². The first-order valence-electron chi connectivity index (χ1n) is 5.79. The van der Waals surface area contributed by atoms with E-state index in [0.29, 0.717) is 12.8 Å². The normalized spacial score (nSPS) is 12.8. The van der Waals surface area contributed by atoms with Gasteiger partial charge in [0.25, 0.3) is 0 Å². The Labute approximate surface area is 113 Å². The molecule has 0 saturated heterocycles. The van der Waals surface area contributed by atoms with Gasteiger partial charge in [0.15, 0.2) is 11.6 Å². The summed E-state index contributed by atoms with van der Waals surface area (Å²) in [6.07, 6.45) is -0.236. The van der Waals surface area contributed by atoms with Gasteiger partial charge in [0.05, 0.1) is 10.0 Å². The van der Waals surface area contributed by atoms with Crippen molar-refractivity contribution in [3.63, 3.8) is 0 Å². The maximum absolute atomic E-state index is 13.7. The van der Waals surface area contributed by atoms with Crippen LogP contribution >= 0.6 is 15.9 Å². The SMILES string of the molecule is CCC(CC)C(O)C(=O)c1c(F)ccc(Br)c1F. The summed E-state index contributed by atoms with van der Waals surface area (Å²) in [7, 11) is 0. The Hall–Kier alpha value is -0.810. The van der Waals surface area contributed by atoms with Gasteiger partial charge in [-0.15, -0.1) is 0 Å². The zero-order chi connectivity index (χ0) is 13.9. The van der Waals surface area contributed by atoms with Crippen LogP contribution in [0.3, 0.4) is 0 Å². The molecule has 1 rings (SSSR count). The van der Waals surface area contributed by atoms with Gasteiger partial charge in [0.1, 0.15) is 11.9 Å². The number of hydrogen-bond acceptors (Lipinski definition) is 2. The lowest BCUT2D eigenvalue weighted by Crippen LogP contribution is -2.30. The van der Waals surface area contributed by atoms with Gasteiger partial charge >= 0.3 is 0 Å². The van der Waals surface area contributed by atoms with Crippen LogP contribution in [0.2, 0.25) is 0 Å². The Bertz CT molecular complexity index is 445. The third-order valence-electron chi connectivity index (χ3n) is 3.05. The minimum atomic E-state index is -1.38. The van der Waals surface area contributed by atoms with Crippen molar-refractivity contribution in [2.24, 2.45) is 5.92 Å². The number of carbonyl (C=O) groups is 1. The van der Waals surface area contributed by atoms with Crippen molar-refractivity contribution >= 4 is 21.7 Å².